The predicted molar refractivity (Wildman–Crippen MR) is 76.6 cm³/mol. The quantitative estimate of drug-likeness (QED) is 0.713. The number of hydrogen-bond acceptors (Lipinski definition) is 4. The van der Waals surface area contributed by atoms with Crippen molar-refractivity contribution in [2.75, 3.05) is 5.73 Å². The van der Waals surface area contributed by atoms with Gasteiger partial charge in [-0.05, 0) is 18.9 Å². The molecule has 0 unspecified atom stereocenters. The molecule has 0 saturated carbocycles. The molecule has 0 fully saturated rings. The van der Waals surface area contributed by atoms with Crippen LogP contribution in [0.25, 0.3) is 11.1 Å². The van der Waals surface area contributed by atoms with E-state index in [9.17, 15) is 4.79 Å². The first-order valence-electron chi connectivity index (χ1n) is 6.47. The fourth-order valence-corrected chi connectivity index (χ4v) is 2.36. The van der Waals surface area contributed by atoms with E-state index in [4.69, 9.17) is 10.2 Å². The fraction of sp³-hybridized carbons (Fsp3) is 0.200. The van der Waals surface area contributed by atoms with E-state index in [1.807, 2.05) is 37.3 Å². The Hall–Kier alpha value is -2.56. The van der Waals surface area contributed by atoms with Gasteiger partial charge in [0.15, 0.2) is 5.78 Å². The van der Waals surface area contributed by atoms with Crippen LogP contribution < -0.4 is 5.73 Å². The van der Waals surface area contributed by atoms with Gasteiger partial charge in [-0.15, -0.1) is 5.10 Å². The maximum Gasteiger partial charge on any atom is 0.248 e. The minimum absolute atomic E-state index is 0.0189. The molecule has 3 aromatic rings. The van der Waals surface area contributed by atoms with Gasteiger partial charge >= 0.3 is 0 Å². The summed E-state index contributed by atoms with van der Waals surface area (Å²) in [5.41, 5.74) is 8.56. The molecule has 0 bridgehead atoms. The molecule has 3 N–H and O–H groups in total. The van der Waals surface area contributed by atoms with Crippen LogP contribution in [0, 0.1) is 6.92 Å². The van der Waals surface area contributed by atoms with Gasteiger partial charge in [0.25, 0.3) is 0 Å². The number of Topliss-reactive ketones (excluding diaryl/α,β-unsaturated/α-hetero) is 1. The van der Waals surface area contributed by atoms with Crippen molar-refractivity contribution >= 4 is 22.8 Å². The second-order valence-corrected chi connectivity index (χ2v) is 4.78. The molecule has 0 aliphatic carbocycles. The largest absolute Gasteiger partial charge is 0.420 e. The van der Waals surface area contributed by atoms with Crippen LogP contribution in [0.15, 0.2) is 34.7 Å². The second kappa shape index (κ2) is 4.85. The summed E-state index contributed by atoms with van der Waals surface area (Å²) in [5.74, 6) is 0.132. The number of carbonyl (C=O) groups excluding carboxylic acids is 1. The number of carbonyl (C=O) groups is 1. The van der Waals surface area contributed by atoms with Gasteiger partial charge in [-0.3, -0.25) is 9.89 Å². The summed E-state index contributed by atoms with van der Waals surface area (Å²) >= 11 is 0. The number of ketones is 1. The van der Waals surface area contributed by atoms with Crippen molar-refractivity contribution in [2.45, 2.75) is 19.8 Å². The number of anilines is 1. The summed E-state index contributed by atoms with van der Waals surface area (Å²) in [4.78, 5) is 12.4. The van der Waals surface area contributed by atoms with Gasteiger partial charge in [0.2, 0.25) is 11.6 Å². The molecule has 102 valence electrons. The Morgan fingerprint density at radius 2 is 2.10 bits per heavy atom. The summed E-state index contributed by atoms with van der Waals surface area (Å²) in [7, 11) is 0. The van der Waals surface area contributed by atoms with E-state index in [1.165, 1.54) is 0 Å². The summed E-state index contributed by atoms with van der Waals surface area (Å²) in [6.45, 7) is 1.85. The van der Waals surface area contributed by atoms with E-state index in [1.54, 1.807) is 0 Å². The number of fused-ring (bicyclic) bond motifs is 1. The smallest absolute Gasteiger partial charge is 0.248 e. The number of rotatable bonds is 4. The van der Waals surface area contributed by atoms with Crippen LogP contribution in [0.1, 0.15) is 28.0 Å². The minimum Gasteiger partial charge on any atom is -0.420 e. The normalized spacial score (nSPS) is 11.1. The summed E-state index contributed by atoms with van der Waals surface area (Å²) in [5, 5.41) is 7.47. The highest BCUT2D eigenvalue weighted by atomic mass is 16.4. The molecule has 0 saturated heterocycles. The molecule has 3 rings (SSSR count). The fourth-order valence-electron chi connectivity index (χ4n) is 2.36. The zero-order valence-electron chi connectivity index (χ0n) is 11.1. The van der Waals surface area contributed by atoms with Crippen molar-refractivity contribution in [3.05, 3.63) is 47.2 Å². The second-order valence-electron chi connectivity index (χ2n) is 4.78. The van der Waals surface area contributed by atoms with Gasteiger partial charge in [0.05, 0.1) is 10.9 Å². The first-order chi connectivity index (χ1) is 9.66. The first kappa shape index (κ1) is 12.5. The summed E-state index contributed by atoms with van der Waals surface area (Å²) in [6.07, 6.45) is 1.08. The zero-order chi connectivity index (χ0) is 14.1. The highest BCUT2D eigenvalue weighted by Crippen LogP contribution is 2.30. The average Bonchev–Trinajstić information content (AvgIpc) is 2.96. The number of nitrogen functional groups attached to an aromatic ring is 1. The van der Waals surface area contributed by atoms with E-state index in [2.05, 4.69) is 10.2 Å². The highest BCUT2D eigenvalue weighted by molar-refractivity contribution is 6.11. The van der Waals surface area contributed by atoms with Gasteiger partial charge in [-0.2, -0.15) is 0 Å². The lowest BCUT2D eigenvalue weighted by Crippen LogP contribution is -2.03. The van der Waals surface area contributed by atoms with Crippen molar-refractivity contribution in [1.29, 1.82) is 0 Å². The van der Waals surface area contributed by atoms with Crippen LogP contribution in [0.2, 0.25) is 0 Å². The monoisotopic (exact) mass is 269 g/mol. The van der Waals surface area contributed by atoms with Gasteiger partial charge < -0.3 is 10.2 Å². The third-order valence-electron chi connectivity index (χ3n) is 3.38. The topological polar surface area (TPSA) is 84.9 Å². The number of aromatic amines is 1. The lowest BCUT2D eigenvalue weighted by molar-refractivity contribution is 0.0984. The van der Waals surface area contributed by atoms with Gasteiger partial charge in [0.1, 0.15) is 0 Å². The SMILES string of the molecule is Cc1[nH]nc2oc(N)c(C(=O)CCc3ccccc3)c12. The van der Waals surface area contributed by atoms with E-state index >= 15 is 0 Å². The summed E-state index contributed by atoms with van der Waals surface area (Å²) < 4.78 is 5.31. The van der Waals surface area contributed by atoms with Crippen LogP contribution in [0.5, 0.6) is 0 Å². The van der Waals surface area contributed by atoms with Crippen LogP contribution in [0.4, 0.5) is 5.88 Å². The number of aryl methyl sites for hydroxylation is 2. The molecule has 0 atom stereocenters. The standard InChI is InChI=1S/C15H15N3O2/c1-9-12-13(14(16)20-15(12)18-17-9)11(19)8-7-10-5-3-2-4-6-10/h2-6H,7-8,16H2,1H3,(H,17,18). The first-order valence-corrected chi connectivity index (χ1v) is 6.47. The molecule has 0 spiro atoms. The lowest BCUT2D eigenvalue weighted by Gasteiger charge is -2.01. The molecule has 0 amide bonds. The van der Waals surface area contributed by atoms with Gasteiger partial charge in [-0.25, -0.2) is 0 Å². The Morgan fingerprint density at radius 3 is 2.85 bits per heavy atom. The Bertz CT molecular complexity index is 756. The molecule has 0 radical (unpaired) electrons. The number of furan rings is 1. The number of hydrogen-bond donors (Lipinski definition) is 2. The average molecular weight is 269 g/mol. The third kappa shape index (κ3) is 2.07. The van der Waals surface area contributed by atoms with E-state index in [0.29, 0.717) is 29.5 Å². The molecule has 2 heterocycles. The van der Waals surface area contributed by atoms with E-state index < -0.39 is 0 Å². The Morgan fingerprint density at radius 1 is 1.35 bits per heavy atom. The maximum absolute atomic E-state index is 12.4. The molecule has 0 aliphatic heterocycles. The van der Waals surface area contributed by atoms with E-state index in [0.717, 1.165) is 11.3 Å². The van der Waals surface area contributed by atoms with Crippen LogP contribution >= 0.6 is 0 Å². The summed E-state index contributed by atoms with van der Waals surface area (Å²) in [6, 6.07) is 9.89. The Balaban J connectivity index is 1.85. The van der Waals surface area contributed by atoms with Gasteiger partial charge in [0, 0.05) is 12.1 Å². The number of nitrogens with zero attached hydrogens (tertiary/aromatic N) is 1. The Labute approximate surface area is 115 Å². The van der Waals surface area contributed by atoms with Crippen molar-refractivity contribution in [2.24, 2.45) is 0 Å². The molecule has 0 aliphatic rings. The van der Waals surface area contributed by atoms with Crippen molar-refractivity contribution < 1.29 is 9.21 Å². The molecular weight excluding hydrogens is 254 g/mol. The van der Waals surface area contributed by atoms with Crippen LogP contribution in [-0.4, -0.2) is 16.0 Å². The van der Waals surface area contributed by atoms with Gasteiger partial charge in [-0.1, -0.05) is 30.3 Å². The molecule has 20 heavy (non-hydrogen) atoms. The number of nitrogens with two attached hydrogens (primary N) is 1. The number of benzene rings is 1. The number of H-pyrrole nitrogens is 1. The number of aromatic nitrogens is 2. The molecule has 2 aromatic heterocycles. The van der Waals surface area contributed by atoms with Crippen LogP contribution in [0.3, 0.4) is 0 Å². The predicted octanol–water partition coefficient (Wildman–Crippen LogP) is 2.86. The van der Waals surface area contributed by atoms with Crippen molar-refractivity contribution in [3.63, 3.8) is 0 Å². The van der Waals surface area contributed by atoms with E-state index in [-0.39, 0.29) is 11.7 Å². The van der Waals surface area contributed by atoms with Crippen LogP contribution in [-0.2, 0) is 6.42 Å². The molecule has 5 nitrogen and oxygen atoms in total. The molecule has 1 aromatic carbocycles. The zero-order valence-corrected chi connectivity index (χ0v) is 11.1. The van der Waals surface area contributed by atoms with Crippen molar-refractivity contribution in [1.82, 2.24) is 10.2 Å². The lowest BCUT2D eigenvalue weighted by atomic mass is 10.0. The third-order valence-corrected chi connectivity index (χ3v) is 3.38. The molecule has 5 heteroatoms. The maximum atomic E-state index is 12.4. The Kier molecular flexibility index (Phi) is 3.02. The minimum atomic E-state index is -0.0189. The highest BCUT2D eigenvalue weighted by Gasteiger charge is 2.22. The number of nitrogens with one attached hydrogen (secondary N) is 1. The van der Waals surface area contributed by atoms with Crippen molar-refractivity contribution in [3.8, 4) is 0 Å². The molecular formula is C15H15N3O2.